The summed E-state index contributed by atoms with van der Waals surface area (Å²) in [5.74, 6) is -0.899. The highest BCUT2D eigenvalue weighted by atomic mass is 16.4. The predicted octanol–water partition coefficient (Wildman–Crippen LogP) is 1.66. The van der Waals surface area contributed by atoms with Crippen LogP contribution >= 0.6 is 0 Å². The maximum Gasteiger partial charge on any atom is 0.309 e. The lowest BCUT2D eigenvalue weighted by atomic mass is 9.96. The second kappa shape index (κ2) is 6.07. The summed E-state index contributed by atoms with van der Waals surface area (Å²) in [6.45, 7) is 0.520. The monoisotopic (exact) mass is 289 g/mol. The third kappa shape index (κ3) is 3.48. The van der Waals surface area contributed by atoms with Crippen molar-refractivity contribution in [2.24, 2.45) is 0 Å². The van der Waals surface area contributed by atoms with Gasteiger partial charge in [0.1, 0.15) is 0 Å². The van der Waals surface area contributed by atoms with Gasteiger partial charge < -0.3 is 5.11 Å². The van der Waals surface area contributed by atoms with Gasteiger partial charge in [-0.05, 0) is 18.9 Å². The van der Waals surface area contributed by atoms with Crippen molar-refractivity contribution < 1.29 is 9.90 Å². The van der Waals surface area contributed by atoms with E-state index in [1.807, 2.05) is 12.3 Å². The largest absolute Gasteiger partial charge is 0.481 e. The molecule has 0 aromatic carbocycles. The molecular formula is C14H19N5O2. The van der Waals surface area contributed by atoms with Crippen LogP contribution in [0.2, 0.25) is 0 Å². The van der Waals surface area contributed by atoms with E-state index in [9.17, 15) is 4.79 Å². The highest BCUT2D eigenvalue weighted by molar-refractivity contribution is 5.69. The molecule has 1 fully saturated rings. The molecule has 0 aliphatic heterocycles. The summed E-state index contributed by atoms with van der Waals surface area (Å²) in [4.78, 5) is 10.6. The van der Waals surface area contributed by atoms with Crippen molar-refractivity contribution in [1.82, 2.24) is 24.8 Å². The molecule has 0 saturated heterocycles. The zero-order valence-corrected chi connectivity index (χ0v) is 11.9. The van der Waals surface area contributed by atoms with Crippen molar-refractivity contribution in [3.05, 3.63) is 29.8 Å². The summed E-state index contributed by atoms with van der Waals surface area (Å²) in [6.07, 6.45) is 9.88. The lowest BCUT2D eigenvalue weighted by molar-refractivity contribution is -0.136. The first-order chi connectivity index (χ1) is 10.2. The van der Waals surface area contributed by atoms with Crippen LogP contribution in [0.5, 0.6) is 0 Å². The van der Waals surface area contributed by atoms with Crippen LogP contribution in [0, 0.1) is 0 Å². The van der Waals surface area contributed by atoms with Crippen LogP contribution in [0.1, 0.15) is 49.5 Å². The van der Waals surface area contributed by atoms with Crippen LogP contribution in [0.25, 0.3) is 0 Å². The van der Waals surface area contributed by atoms with Crippen molar-refractivity contribution in [3.8, 4) is 0 Å². The van der Waals surface area contributed by atoms with E-state index in [-0.39, 0.29) is 6.42 Å². The molecule has 1 aliphatic carbocycles. The number of nitrogens with zero attached hydrogens (tertiary/aromatic N) is 5. The van der Waals surface area contributed by atoms with E-state index in [1.165, 1.54) is 32.1 Å². The summed E-state index contributed by atoms with van der Waals surface area (Å²) in [5, 5.41) is 21.1. The first-order valence-electron chi connectivity index (χ1n) is 7.35. The Morgan fingerprint density at radius 1 is 1.29 bits per heavy atom. The minimum atomic E-state index is -0.899. The third-order valence-corrected chi connectivity index (χ3v) is 3.85. The lowest BCUT2D eigenvalue weighted by Gasteiger charge is -2.21. The van der Waals surface area contributed by atoms with Crippen LogP contribution < -0.4 is 0 Å². The van der Waals surface area contributed by atoms with Gasteiger partial charge in [-0.1, -0.05) is 24.5 Å². The molecule has 0 unspecified atom stereocenters. The molecule has 7 heteroatoms. The van der Waals surface area contributed by atoms with Crippen LogP contribution in [0.3, 0.4) is 0 Å². The zero-order valence-electron chi connectivity index (χ0n) is 11.9. The van der Waals surface area contributed by atoms with Crippen molar-refractivity contribution >= 4 is 5.97 Å². The van der Waals surface area contributed by atoms with E-state index in [1.54, 1.807) is 10.9 Å². The third-order valence-electron chi connectivity index (χ3n) is 3.85. The molecule has 0 atom stereocenters. The van der Waals surface area contributed by atoms with Gasteiger partial charge in [0.05, 0.1) is 30.4 Å². The molecule has 2 heterocycles. The molecule has 2 aromatic rings. The number of carboxylic acids is 1. The lowest BCUT2D eigenvalue weighted by Crippen LogP contribution is -2.13. The fraction of sp³-hybridized carbons (Fsp3) is 0.571. The van der Waals surface area contributed by atoms with E-state index >= 15 is 0 Å². The van der Waals surface area contributed by atoms with Crippen molar-refractivity contribution in [1.29, 1.82) is 0 Å². The number of hydrogen-bond acceptors (Lipinski definition) is 4. The maximum atomic E-state index is 10.6. The van der Waals surface area contributed by atoms with E-state index in [4.69, 9.17) is 5.11 Å². The Bertz CT molecular complexity index is 612. The van der Waals surface area contributed by atoms with E-state index in [0.717, 1.165) is 5.69 Å². The fourth-order valence-corrected chi connectivity index (χ4v) is 2.83. The van der Waals surface area contributed by atoms with Crippen molar-refractivity contribution in [2.75, 3.05) is 0 Å². The normalized spacial score (nSPS) is 16.2. The van der Waals surface area contributed by atoms with E-state index in [2.05, 4.69) is 20.1 Å². The summed E-state index contributed by atoms with van der Waals surface area (Å²) < 4.78 is 3.69. The SMILES string of the molecule is O=C(O)Cc1cn(Cc2ccn(C3CCCCC3)n2)nn1. The molecule has 0 amide bonds. The molecule has 1 N–H and O–H groups in total. The molecular weight excluding hydrogens is 270 g/mol. The smallest absolute Gasteiger partial charge is 0.309 e. The number of carboxylic acid groups (broad SMARTS) is 1. The van der Waals surface area contributed by atoms with Gasteiger partial charge in [-0.15, -0.1) is 5.10 Å². The van der Waals surface area contributed by atoms with Gasteiger partial charge in [0.2, 0.25) is 0 Å². The quantitative estimate of drug-likeness (QED) is 0.904. The molecule has 2 aromatic heterocycles. The van der Waals surface area contributed by atoms with Gasteiger partial charge in [-0.3, -0.25) is 9.48 Å². The average Bonchev–Trinajstić information content (AvgIpc) is 3.09. The highest BCUT2D eigenvalue weighted by Gasteiger charge is 2.16. The number of aliphatic carboxylic acids is 1. The van der Waals surface area contributed by atoms with E-state index in [0.29, 0.717) is 18.3 Å². The minimum absolute atomic E-state index is 0.101. The Hall–Kier alpha value is -2.18. The second-order valence-corrected chi connectivity index (χ2v) is 5.56. The number of hydrogen-bond donors (Lipinski definition) is 1. The van der Waals surface area contributed by atoms with Gasteiger partial charge >= 0.3 is 5.97 Å². The second-order valence-electron chi connectivity index (χ2n) is 5.56. The standard InChI is InChI=1S/C14H19N5O2/c20-14(21)8-12-10-18(17-15-12)9-11-6-7-19(16-11)13-4-2-1-3-5-13/h6-7,10,13H,1-5,8-9H2,(H,20,21). The first kappa shape index (κ1) is 13.8. The number of aromatic nitrogens is 5. The molecule has 7 nitrogen and oxygen atoms in total. The minimum Gasteiger partial charge on any atom is -0.481 e. The molecule has 1 aliphatic rings. The van der Waals surface area contributed by atoms with Crippen LogP contribution in [0.4, 0.5) is 0 Å². The van der Waals surface area contributed by atoms with Gasteiger partial charge in [0, 0.05) is 12.4 Å². The predicted molar refractivity (Wildman–Crippen MR) is 74.8 cm³/mol. The summed E-state index contributed by atoms with van der Waals surface area (Å²) in [6, 6.07) is 2.51. The van der Waals surface area contributed by atoms with Crippen LogP contribution in [0.15, 0.2) is 18.5 Å². The number of carbonyl (C=O) groups is 1. The average molecular weight is 289 g/mol. The Kier molecular flexibility index (Phi) is 3.98. The molecule has 0 spiro atoms. The molecule has 112 valence electrons. The van der Waals surface area contributed by atoms with Gasteiger partial charge in [0.25, 0.3) is 0 Å². The van der Waals surface area contributed by atoms with Gasteiger partial charge in [-0.2, -0.15) is 5.10 Å². The van der Waals surface area contributed by atoms with Crippen LogP contribution in [-0.4, -0.2) is 35.9 Å². The molecule has 3 rings (SSSR count). The first-order valence-corrected chi connectivity index (χ1v) is 7.35. The van der Waals surface area contributed by atoms with Crippen LogP contribution in [-0.2, 0) is 17.8 Å². The zero-order chi connectivity index (χ0) is 14.7. The molecule has 0 bridgehead atoms. The fourth-order valence-electron chi connectivity index (χ4n) is 2.83. The Morgan fingerprint density at radius 2 is 2.10 bits per heavy atom. The molecule has 21 heavy (non-hydrogen) atoms. The molecule has 0 radical (unpaired) electrons. The van der Waals surface area contributed by atoms with Crippen molar-refractivity contribution in [3.63, 3.8) is 0 Å². The maximum absolute atomic E-state index is 10.6. The summed E-state index contributed by atoms with van der Waals surface area (Å²) in [7, 11) is 0. The highest BCUT2D eigenvalue weighted by Crippen LogP contribution is 2.27. The van der Waals surface area contributed by atoms with Crippen molar-refractivity contribution in [2.45, 2.75) is 51.1 Å². The summed E-state index contributed by atoms with van der Waals surface area (Å²) in [5.41, 5.74) is 1.39. The Balaban J connectivity index is 1.63. The van der Waals surface area contributed by atoms with Gasteiger partial charge in [0.15, 0.2) is 0 Å². The Labute approximate surface area is 122 Å². The number of rotatable bonds is 5. The van der Waals surface area contributed by atoms with E-state index < -0.39 is 5.97 Å². The molecule has 1 saturated carbocycles. The Morgan fingerprint density at radius 3 is 2.86 bits per heavy atom. The summed E-state index contributed by atoms with van der Waals surface area (Å²) >= 11 is 0. The van der Waals surface area contributed by atoms with Gasteiger partial charge in [-0.25, -0.2) is 4.68 Å². The topological polar surface area (TPSA) is 85.8 Å².